The van der Waals surface area contributed by atoms with E-state index in [1.165, 1.54) is 6.07 Å². The lowest BCUT2D eigenvalue weighted by atomic mass is 9.95. The lowest BCUT2D eigenvalue weighted by Gasteiger charge is -2.25. The van der Waals surface area contributed by atoms with Crippen LogP contribution in [0.3, 0.4) is 0 Å². The van der Waals surface area contributed by atoms with E-state index in [1.807, 2.05) is 0 Å². The lowest BCUT2D eigenvalue weighted by Crippen LogP contribution is -2.33. The van der Waals surface area contributed by atoms with E-state index >= 15 is 0 Å². The summed E-state index contributed by atoms with van der Waals surface area (Å²) in [5, 5.41) is 5.29. The first-order valence-electron chi connectivity index (χ1n) is 10.1. The summed E-state index contributed by atoms with van der Waals surface area (Å²) < 4.78 is 51.8. The van der Waals surface area contributed by atoms with Crippen LogP contribution in [0, 0.1) is 5.92 Å². The molecule has 2 unspecified atom stereocenters. The second kappa shape index (κ2) is 8.99. The third-order valence-corrected chi connectivity index (χ3v) is 5.61. The maximum Gasteiger partial charge on any atom is 0.418 e. The molecule has 4 rings (SSSR count). The number of hydrogen-bond donors (Lipinski definition) is 2. The summed E-state index contributed by atoms with van der Waals surface area (Å²) in [6, 6.07) is 8.26. The summed E-state index contributed by atoms with van der Waals surface area (Å²) in [6.07, 6.45) is -3.89. The summed E-state index contributed by atoms with van der Waals surface area (Å²) in [6.45, 7) is 0.482. The predicted molar refractivity (Wildman–Crippen MR) is 112 cm³/mol. The summed E-state index contributed by atoms with van der Waals surface area (Å²) >= 11 is 5.98. The Kier molecular flexibility index (Phi) is 6.30. The van der Waals surface area contributed by atoms with Gasteiger partial charge in [-0.2, -0.15) is 13.2 Å². The van der Waals surface area contributed by atoms with E-state index in [4.69, 9.17) is 21.1 Å². The Morgan fingerprint density at radius 1 is 1.06 bits per heavy atom. The summed E-state index contributed by atoms with van der Waals surface area (Å²) in [7, 11) is 0. The average molecular weight is 469 g/mol. The molecular formula is C22H20ClF3N2O4. The highest BCUT2D eigenvalue weighted by Gasteiger charge is 2.36. The zero-order valence-electron chi connectivity index (χ0n) is 16.8. The molecule has 2 amide bonds. The van der Waals surface area contributed by atoms with Crippen molar-refractivity contribution in [3.8, 4) is 5.75 Å². The maximum atomic E-state index is 13.7. The topological polar surface area (TPSA) is 76.7 Å². The molecule has 0 saturated carbocycles. The minimum atomic E-state index is -4.74. The number of hydrogen-bond acceptors (Lipinski definition) is 4. The van der Waals surface area contributed by atoms with Gasteiger partial charge in [-0.05, 0) is 61.2 Å². The monoisotopic (exact) mass is 468 g/mol. The fourth-order valence-electron chi connectivity index (χ4n) is 3.74. The number of anilines is 2. The number of nitrogens with one attached hydrogen (secondary N) is 2. The predicted octanol–water partition coefficient (Wildman–Crippen LogP) is 4.67. The molecule has 2 heterocycles. The highest BCUT2D eigenvalue weighted by molar-refractivity contribution is 6.30. The molecule has 6 nitrogen and oxygen atoms in total. The molecule has 2 aliphatic rings. The van der Waals surface area contributed by atoms with E-state index in [2.05, 4.69) is 10.6 Å². The van der Waals surface area contributed by atoms with Gasteiger partial charge < -0.3 is 20.1 Å². The van der Waals surface area contributed by atoms with E-state index in [-0.39, 0.29) is 12.3 Å². The first-order chi connectivity index (χ1) is 15.2. The van der Waals surface area contributed by atoms with Crippen LogP contribution >= 0.6 is 11.6 Å². The number of carbonyl (C=O) groups excluding carboxylic acids is 2. The smallest absolute Gasteiger partial charge is 0.418 e. The van der Waals surface area contributed by atoms with E-state index in [0.29, 0.717) is 35.8 Å². The number of halogens is 4. The molecule has 1 saturated heterocycles. The zero-order chi connectivity index (χ0) is 22.9. The number of alkyl halides is 3. The molecule has 2 atom stereocenters. The van der Waals surface area contributed by atoms with Crippen molar-refractivity contribution in [2.45, 2.75) is 31.5 Å². The second-order valence-corrected chi connectivity index (χ2v) is 8.14. The van der Waals surface area contributed by atoms with Gasteiger partial charge in [-0.3, -0.25) is 9.59 Å². The van der Waals surface area contributed by atoms with Gasteiger partial charge in [0.15, 0.2) is 0 Å². The van der Waals surface area contributed by atoms with Crippen LogP contribution in [0.4, 0.5) is 24.5 Å². The molecule has 0 spiro atoms. The van der Waals surface area contributed by atoms with Gasteiger partial charge in [-0.1, -0.05) is 11.6 Å². The van der Waals surface area contributed by atoms with Gasteiger partial charge in [0, 0.05) is 17.3 Å². The van der Waals surface area contributed by atoms with E-state index in [0.717, 1.165) is 18.6 Å². The average Bonchev–Trinajstić information content (AvgIpc) is 3.28. The maximum absolute atomic E-state index is 13.7. The molecule has 1 fully saturated rings. The van der Waals surface area contributed by atoms with Crippen LogP contribution in [0.15, 0.2) is 36.4 Å². The van der Waals surface area contributed by atoms with Gasteiger partial charge in [0.25, 0.3) is 5.91 Å². The van der Waals surface area contributed by atoms with Gasteiger partial charge in [0.05, 0.1) is 17.2 Å². The van der Waals surface area contributed by atoms with Crippen LogP contribution in [-0.2, 0) is 26.9 Å². The summed E-state index contributed by atoms with van der Waals surface area (Å²) in [4.78, 5) is 24.9. The number of carbonyl (C=O) groups is 2. The van der Waals surface area contributed by atoms with Gasteiger partial charge >= 0.3 is 6.18 Å². The van der Waals surface area contributed by atoms with Crippen molar-refractivity contribution in [2.24, 2.45) is 5.92 Å². The highest BCUT2D eigenvalue weighted by atomic mass is 35.5. The Hall–Kier alpha value is -2.78. The second-order valence-electron chi connectivity index (χ2n) is 7.70. The van der Waals surface area contributed by atoms with Crippen molar-refractivity contribution >= 4 is 34.8 Å². The molecule has 0 aliphatic carbocycles. The van der Waals surface area contributed by atoms with Crippen LogP contribution in [-0.4, -0.2) is 31.1 Å². The number of benzene rings is 2. The molecule has 2 aliphatic heterocycles. The first-order valence-corrected chi connectivity index (χ1v) is 10.4. The Morgan fingerprint density at radius 2 is 1.88 bits per heavy atom. The van der Waals surface area contributed by atoms with Crippen LogP contribution in [0.1, 0.15) is 24.0 Å². The molecule has 32 heavy (non-hydrogen) atoms. The minimum Gasteiger partial charge on any atom is -0.492 e. The normalized spacial score (nSPS) is 20.2. The fraction of sp³-hybridized carbons (Fsp3) is 0.364. The molecule has 0 aromatic heterocycles. The summed E-state index contributed by atoms with van der Waals surface area (Å²) in [5.41, 5.74) is -0.766. The van der Waals surface area contributed by atoms with Gasteiger partial charge in [0.2, 0.25) is 5.91 Å². The highest BCUT2D eigenvalue weighted by Crippen LogP contribution is 2.37. The van der Waals surface area contributed by atoms with Gasteiger partial charge in [-0.25, -0.2) is 0 Å². The van der Waals surface area contributed by atoms with Crippen molar-refractivity contribution in [1.82, 2.24) is 0 Å². The van der Waals surface area contributed by atoms with Crippen molar-refractivity contribution < 1.29 is 32.2 Å². The molecular weight excluding hydrogens is 449 g/mol. The van der Waals surface area contributed by atoms with Crippen LogP contribution in [0.2, 0.25) is 5.02 Å². The van der Waals surface area contributed by atoms with E-state index < -0.39 is 41.3 Å². The zero-order valence-corrected chi connectivity index (χ0v) is 17.6. The van der Waals surface area contributed by atoms with Gasteiger partial charge in [0.1, 0.15) is 18.5 Å². The molecule has 10 heteroatoms. The quantitative estimate of drug-likeness (QED) is 0.684. The molecule has 0 radical (unpaired) electrons. The SMILES string of the molecule is O=C(Nc1ccc(NC(=O)C2CCCO2)cc1C(F)(F)F)C1COc2ccc(Cl)cc2C1. The third-order valence-electron chi connectivity index (χ3n) is 5.37. The van der Waals surface area contributed by atoms with Crippen LogP contribution in [0.25, 0.3) is 0 Å². The number of fused-ring (bicyclic) bond motifs is 1. The standard InChI is InChI=1S/C22H20ClF3N2O4/c23-14-3-6-18-12(9-14)8-13(11-32-18)20(29)28-17-5-4-15(10-16(17)22(24,25)26)27-21(30)19-2-1-7-31-19/h3-6,9-10,13,19H,1-2,7-8,11H2,(H,27,30)(H,28,29). The van der Waals surface area contributed by atoms with E-state index in [1.54, 1.807) is 18.2 Å². The van der Waals surface area contributed by atoms with Crippen molar-refractivity contribution in [3.63, 3.8) is 0 Å². The Bertz CT molecular complexity index is 1040. The number of rotatable bonds is 4. The van der Waals surface area contributed by atoms with Crippen molar-refractivity contribution in [1.29, 1.82) is 0 Å². The number of amides is 2. The Morgan fingerprint density at radius 3 is 2.59 bits per heavy atom. The van der Waals surface area contributed by atoms with E-state index in [9.17, 15) is 22.8 Å². The molecule has 2 aromatic carbocycles. The van der Waals surface area contributed by atoms with Crippen LogP contribution < -0.4 is 15.4 Å². The third kappa shape index (κ3) is 4.99. The summed E-state index contributed by atoms with van der Waals surface area (Å²) in [5.74, 6) is -1.18. The van der Waals surface area contributed by atoms with Crippen molar-refractivity contribution in [2.75, 3.05) is 23.8 Å². The Labute approximate surface area is 187 Å². The van der Waals surface area contributed by atoms with Gasteiger partial charge in [-0.15, -0.1) is 0 Å². The van der Waals surface area contributed by atoms with Crippen molar-refractivity contribution in [3.05, 3.63) is 52.5 Å². The fourth-order valence-corrected chi connectivity index (χ4v) is 3.93. The Balaban J connectivity index is 1.50. The molecule has 2 N–H and O–H groups in total. The van der Waals surface area contributed by atoms with Crippen LogP contribution in [0.5, 0.6) is 5.75 Å². The largest absolute Gasteiger partial charge is 0.492 e. The molecule has 170 valence electrons. The molecule has 2 aromatic rings. The lowest BCUT2D eigenvalue weighted by molar-refractivity contribution is -0.137. The number of ether oxygens (including phenoxy) is 2. The first kappa shape index (κ1) is 22.4. The molecule has 0 bridgehead atoms. The minimum absolute atomic E-state index is 0.0274.